The van der Waals surface area contributed by atoms with Crippen LogP contribution >= 0.6 is 0 Å². The van der Waals surface area contributed by atoms with Gasteiger partial charge in [0.15, 0.2) is 17.3 Å². The largest absolute Gasteiger partial charge is 0.493 e. The fourth-order valence-electron chi connectivity index (χ4n) is 3.53. The van der Waals surface area contributed by atoms with Crippen molar-refractivity contribution < 1.29 is 19.3 Å². The van der Waals surface area contributed by atoms with E-state index >= 15 is 0 Å². The van der Waals surface area contributed by atoms with Crippen LogP contribution in [0.1, 0.15) is 37.3 Å². The second-order valence-corrected chi connectivity index (χ2v) is 7.03. The summed E-state index contributed by atoms with van der Waals surface area (Å²) >= 11 is 0. The lowest BCUT2D eigenvalue weighted by Crippen LogP contribution is -2.16. The zero-order chi connectivity index (χ0) is 21.5. The van der Waals surface area contributed by atoms with Crippen LogP contribution in [0.15, 0.2) is 36.1 Å². The topological polar surface area (TPSA) is 90.1 Å². The molecule has 1 aromatic carbocycles. The molecule has 1 aliphatic heterocycles. The van der Waals surface area contributed by atoms with Crippen LogP contribution in [0, 0.1) is 0 Å². The van der Waals surface area contributed by atoms with Crippen LogP contribution in [0.5, 0.6) is 11.5 Å². The Hall–Kier alpha value is -2.84. The predicted molar refractivity (Wildman–Crippen MR) is 117 cm³/mol. The van der Waals surface area contributed by atoms with Gasteiger partial charge in [0.25, 0.3) is 0 Å². The van der Waals surface area contributed by atoms with E-state index in [1.54, 1.807) is 26.8 Å². The van der Waals surface area contributed by atoms with Gasteiger partial charge in [-0.1, -0.05) is 12.6 Å². The highest BCUT2D eigenvalue weighted by Gasteiger charge is 2.28. The quantitative estimate of drug-likeness (QED) is 0.581. The maximum atomic E-state index is 9.33. The number of aliphatic hydroxyl groups excluding tert-OH is 1. The Morgan fingerprint density at radius 1 is 1.37 bits per heavy atom. The van der Waals surface area contributed by atoms with E-state index in [1.807, 2.05) is 29.7 Å². The Labute approximate surface area is 177 Å². The Morgan fingerprint density at radius 3 is 2.83 bits per heavy atom. The maximum Gasteiger partial charge on any atom is 0.163 e. The Morgan fingerprint density at radius 2 is 2.17 bits per heavy atom. The van der Waals surface area contributed by atoms with Crippen LogP contribution in [0.2, 0.25) is 0 Å². The van der Waals surface area contributed by atoms with Crippen LogP contribution in [0.4, 0.5) is 5.82 Å². The van der Waals surface area contributed by atoms with Gasteiger partial charge >= 0.3 is 0 Å². The van der Waals surface area contributed by atoms with Gasteiger partial charge in [0.05, 0.1) is 39.0 Å². The van der Waals surface area contributed by atoms with Crippen LogP contribution in [0.3, 0.4) is 0 Å². The second-order valence-electron chi connectivity index (χ2n) is 7.03. The molecule has 0 amide bonds. The summed E-state index contributed by atoms with van der Waals surface area (Å²) in [4.78, 5) is 9.01. The highest BCUT2D eigenvalue weighted by molar-refractivity contribution is 5.71. The lowest BCUT2D eigenvalue weighted by atomic mass is 10.1. The molecule has 0 spiro atoms. The van der Waals surface area contributed by atoms with Gasteiger partial charge in [0.2, 0.25) is 0 Å². The standard InChI is InChI=1S/C22H30N4O4/c1-5-23-22-21(25-14-26(22)20-9-7-17(13-27)30-20)15(2)24-11-10-16-6-8-18(28-3)19(12-16)29-4/h5-6,8,12,14,17,20,24,27H,2,7,9-11,13H2,1,3-4H3/b23-5-. The normalized spacial score (nSPS) is 18.7. The summed E-state index contributed by atoms with van der Waals surface area (Å²) in [7, 11) is 3.25. The summed E-state index contributed by atoms with van der Waals surface area (Å²) in [6.07, 6.45) is 5.55. The number of rotatable bonds is 10. The molecule has 162 valence electrons. The highest BCUT2D eigenvalue weighted by Crippen LogP contribution is 2.34. The summed E-state index contributed by atoms with van der Waals surface area (Å²) in [5, 5.41) is 12.7. The Kier molecular flexibility index (Phi) is 7.48. The van der Waals surface area contributed by atoms with E-state index in [0.717, 1.165) is 24.8 Å². The van der Waals surface area contributed by atoms with Crippen molar-refractivity contribution >= 4 is 17.7 Å². The van der Waals surface area contributed by atoms with Gasteiger partial charge in [-0.3, -0.25) is 4.57 Å². The predicted octanol–water partition coefficient (Wildman–Crippen LogP) is 3.10. The average molecular weight is 415 g/mol. The van der Waals surface area contributed by atoms with Crippen molar-refractivity contribution in [3.05, 3.63) is 42.4 Å². The van der Waals surface area contributed by atoms with Crippen molar-refractivity contribution in [1.82, 2.24) is 14.9 Å². The molecule has 0 aliphatic carbocycles. The minimum atomic E-state index is -0.179. The molecular formula is C22H30N4O4. The first kappa shape index (κ1) is 21.9. The lowest BCUT2D eigenvalue weighted by Gasteiger charge is -2.16. The number of nitrogens with zero attached hydrogens (tertiary/aromatic N) is 3. The first-order chi connectivity index (χ1) is 14.6. The van der Waals surface area contributed by atoms with Crippen molar-refractivity contribution in [2.75, 3.05) is 27.4 Å². The molecule has 2 aromatic rings. The minimum Gasteiger partial charge on any atom is -0.493 e. The molecule has 1 fully saturated rings. The van der Waals surface area contributed by atoms with Gasteiger partial charge in [0, 0.05) is 12.8 Å². The Balaban J connectivity index is 1.65. The summed E-state index contributed by atoms with van der Waals surface area (Å²) in [5.41, 5.74) is 2.52. The SMILES string of the molecule is C=C(NCCc1ccc(OC)c(OC)c1)c1ncn(C2CCC(CO)O2)c1/N=C\C. The van der Waals surface area contributed by atoms with Crippen molar-refractivity contribution in [3.8, 4) is 11.5 Å². The fourth-order valence-corrected chi connectivity index (χ4v) is 3.53. The van der Waals surface area contributed by atoms with Crippen molar-refractivity contribution in [1.29, 1.82) is 0 Å². The molecule has 0 bridgehead atoms. The molecule has 3 rings (SSSR count). The van der Waals surface area contributed by atoms with E-state index < -0.39 is 0 Å². The number of benzene rings is 1. The number of aromatic nitrogens is 2. The molecule has 2 N–H and O–H groups in total. The summed E-state index contributed by atoms with van der Waals surface area (Å²) in [6.45, 7) is 6.71. The molecule has 1 aromatic heterocycles. The average Bonchev–Trinajstić information content (AvgIpc) is 3.40. The third-order valence-corrected chi connectivity index (χ3v) is 5.10. The van der Waals surface area contributed by atoms with E-state index in [9.17, 15) is 5.11 Å². The summed E-state index contributed by atoms with van der Waals surface area (Å²) < 4.78 is 18.4. The van der Waals surface area contributed by atoms with E-state index in [4.69, 9.17) is 14.2 Å². The van der Waals surface area contributed by atoms with Crippen molar-refractivity contribution in [2.45, 2.75) is 38.5 Å². The monoisotopic (exact) mass is 414 g/mol. The number of nitrogens with one attached hydrogen (secondary N) is 1. The second kappa shape index (κ2) is 10.3. The number of aliphatic imine (C=N–C) groups is 1. The van der Waals surface area contributed by atoms with Gasteiger partial charge in [-0.15, -0.1) is 0 Å². The van der Waals surface area contributed by atoms with Crippen LogP contribution in [0.25, 0.3) is 5.70 Å². The van der Waals surface area contributed by atoms with Crippen molar-refractivity contribution in [2.24, 2.45) is 4.99 Å². The van der Waals surface area contributed by atoms with Gasteiger partial charge in [-0.2, -0.15) is 0 Å². The van der Waals surface area contributed by atoms with Gasteiger partial charge in [0.1, 0.15) is 11.9 Å². The highest BCUT2D eigenvalue weighted by atomic mass is 16.5. The van der Waals surface area contributed by atoms with Gasteiger partial charge < -0.3 is 24.6 Å². The van der Waals surface area contributed by atoms with E-state index in [0.29, 0.717) is 35.3 Å². The minimum absolute atomic E-state index is 0.0227. The summed E-state index contributed by atoms with van der Waals surface area (Å²) in [6, 6.07) is 5.89. The maximum absolute atomic E-state index is 9.33. The van der Waals surface area contributed by atoms with Crippen LogP contribution in [-0.4, -0.2) is 54.3 Å². The van der Waals surface area contributed by atoms with Crippen LogP contribution < -0.4 is 14.8 Å². The molecule has 8 heteroatoms. The number of imidazole rings is 1. The zero-order valence-corrected chi connectivity index (χ0v) is 17.8. The number of methoxy groups -OCH3 is 2. The third kappa shape index (κ3) is 4.83. The van der Waals surface area contributed by atoms with Gasteiger partial charge in [-0.05, 0) is 43.9 Å². The summed E-state index contributed by atoms with van der Waals surface area (Å²) in [5.74, 6) is 2.12. The zero-order valence-electron chi connectivity index (χ0n) is 17.8. The van der Waals surface area contributed by atoms with E-state index in [-0.39, 0.29) is 18.9 Å². The van der Waals surface area contributed by atoms with E-state index in [1.165, 1.54) is 0 Å². The molecule has 1 saturated heterocycles. The number of ether oxygens (including phenoxy) is 3. The van der Waals surface area contributed by atoms with E-state index in [2.05, 4.69) is 21.9 Å². The van der Waals surface area contributed by atoms with Gasteiger partial charge in [-0.25, -0.2) is 9.98 Å². The fraction of sp³-hybridized carbons (Fsp3) is 0.455. The number of aliphatic hydroxyl groups is 1. The number of hydrogen-bond acceptors (Lipinski definition) is 7. The molecule has 0 radical (unpaired) electrons. The molecule has 8 nitrogen and oxygen atoms in total. The molecular weight excluding hydrogens is 384 g/mol. The lowest BCUT2D eigenvalue weighted by molar-refractivity contribution is -0.0215. The molecule has 2 heterocycles. The van der Waals surface area contributed by atoms with Crippen molar-refractivity contribution in [3.63, 3.8) is 0 Å². The first-order valence-corrected chi connectivity index (χ1v) is 10.1. The number of hydrogen-bond donors (Lipinski definition) is 2. The smallest absolute Gasteiger partial charge is 0.163 e. The molecule has 30 heavy (non-hydrogen) atoms. The molecule has 2 unspecified atom stereocenters. The molecule has 2 atom stereocenters. The Bertz CT molecular complexity index is 893. The first-order valence-electron chi connectivity index (χ1n) is 10.1. The molecule has 1 aliphatic rings. The third-order valence-electron chi connectivity index (χ3n) is 5.10. The molecule has 0 saturated carbocycles. The van der Waals surface area contributed by atoms with Crippen LogP contribution in [-0.2, 0) is 11.2 Å².